The summed E-state index contributed by atoms with van der Waals surface area (Å²) < 4.78 is 15.9. The standard InChI is InChI=1S/C20H19ClN2O4/c1-13-18(19(23-27-13)16-5-3-4-6-17(16)21)20(24)22-11-12-26-15-9-7-14(25-2)8-10-15/h3-10H,11-12H2,1-2H3,(H,22,24). The van der Waals surface area contributed by atoms with Crippen LogP contribution in [0, 0.1) is 6.92 Å². The van der Waals surface area contributed by atoms with E-state index in [1.165, 1.54) is 0 Å². The Bertz CT molecular complexity index is 922. The van der Waals surface area contributed by atoms with Crippen LogP contribution in [-0.4, -0.2) is 31.3 Å². The molecule has 0 aliphatic rings. The number of halogens is 1. The van der Waals surface area contributed by atoms with Gasteiger partial charge in [-0.05, 0) is 37.3 Å². The Morgan fingerprint density at radius 3 is 2.56 bits per heavy atom. The number of amides is 1. The van der Waals surface area contributed by atoms with E-state index in [0.29, 0.717) is 46.5 Å². The SMILES string of the molecule is COc1ccc(OCCNC(=O)c2c(-c3ccccc3Cl)noc2C)cc1. The largest absolute Gasteiger partial charge is 0.497 e. The topological polar surface area (TPSA) is 73.6 Å². The van der Waals surface area contributed by atoms with Gasteiger partial charge in [0.2, 0.25) is 0 Å². The van der Waals surface area contributed by atoms with Crippen LogP contribution in [-0.2, 0) is 0 Å². The highest BCUT2D eigenvalue weighted by atomic mass is 35.5. The minimum absolute atomic E-state index is 0.290. The number of nitrogens with zero attached hydrogens (tertiary/aromatic N) is 1. The molecule has 0 aliphatic heterocycles. The van der Waals surface area contributed by atoms with Crippen molar-refractivity contribution in [2.75, 3.05) is 20.3 Å². The van der Waals surface area contributed by atoms with Crippen molar-refractivity contribution in [2.24, 2.45) is 0 Å². The first-order valence-corrected chi connectivity index (χ1v) is 8.74. The monoisotopic (exact) mass is 386 g/mol. The van der Waals surface area contributed by atoms with E-state index in [0.717, 1.165) is 5.75 Å². The van der Waals surface area contributed by atoms with Gasteiger partial charge in [0.25, 0.3) is 5.91 Å². The molecule has 0 aliphatic carbocycles. The van der Waals surface area contributed by atoms with Crippen LogP contribution in [0.5, 0.6) is 11.5 Å². The van der Waals surface area contributed by atoms with Crippen molar-refractivity contribution in [2.45, 2.75) is 6.92 Å². The van der Waals surface area contributed by atoms with E-state index >= 15 is 0 Å². The maximum Gasteiger partial charge on any atom is 0.257 e. The predicted molar refractivity (Wildman–Crippen MR) is 103 cm³/mol. The first-order valence-electron chi connectivity index (χ1n) is 8.36. The average Bonchev–Trinajstić information content (AvgIpc) is 3.07. The summed E-state index contributed by atoms with van der Waals surface area (Å²) in [5.41, 5.74) is 1.44. The van der Waals surface area contributed by atoms with Crippen molar-refractivity contribution < 1.29 is 18.8 Å². The minimum atomic E-state index is -0.290. The molecule has 3 aromatic rings. The zero-order chi connectivity index (χ0) is 19.2. The number of ether oxygens (including phenoxy) is 2. The lowest BCUT2D eigenvalue weighted by Crippen LogP contribution is -2.28. The lowest BCUT2D eigenvalue weighted by atomic mass is 10.1. The molecule has 0 saturated heterocycles. The fourth-order valence-corrected chi connectivity index (χ4v) is 2.80. The number of benzene rings is 2. The molecule has 0 atom stereocenters. The summed E-state index contributed by atoms with van der Waals surface area (Å²) >= 11 is 6.22. The van der Waals surface area contributed by atoms with E-state index in [1.807, 2.05) is 24.3 Å². The maximum atomic E-state index is 12.6. The van der Waals surface area contributed by atoms with Gasteiger partial charge in [-0.15, -0.1) is 0 Å². The van der Waals surface area contributed by atoms with Gasteiger partial charge in [-0.25, -0.2) is 0 Å². The molecule has 1 amide bonds. The van der Waals surface area contributed by atoms with Gasteiger partial charge in [0.05, 0.1) is 18.7 Å². The summed E-state index contributed by atoms with van der Waals surface area (Å²) in [5.74, 6) is 1.59. The molecule has 0 saturated carbocycles. The third-order valence-corrected chi connectivity index (χ3v) is 4.26. The van der Waals surface area contributed by atoms with Crippen molar-refractivity contribution in [3.63, 3.8) is 0 Å². The molecule has 2 aromatic carbocycles. The molecular formula is C20H19ClN2O4. The highest BCUT2D eigenvalue weighted by molar-refractivity contribution is 6.33. The molecule has 7 heteroatoms. The molecule has 0 unspecified atom stereocenters. The van der Waals surface area contributed by atoms with Crippen molar-refractivity contribution in [1.82, 2.24) is 10.5 Å². The Labute approximate surface area is 162 Å². The lowest BCUT2D eigenvalue weighted by Gasteiger charge is -2.09. The third kappa shape index (κ3) is 4.41. The zero-order valence-electron chi connectivity index (χ0n) is 15.0. The first kappa shape index (κ1) is 18.8. The molecule has 1 heterocycles. The van der Waals surface area contributed by atoms with Crippen LogP contribution < -0.4 is 14.8 Å². The van der Waals surface area contributed by atoms with Crippen LogP contribution in [0.2, 0.25) is 5.02 Å². The Morgan fingerprint density at radius 2 is 1.85 bits per heavy atom. The summed E-state index contributed by atoms with van der Waals surface area (Å²) in [4.78, 5) is 12.6. The Balaban J connectivity index is 1.61. The zero-order valence-corrected chi connectivity index (χ0v) is 15.7. The lowest BCUT2D eigenvalue weighted by molar-refractivity contribution is 0.0946. The number of carbonyl (C=O) groups excluding carboxylic acids is 1. The highest BCUT2D eigenvalue weighted by Gasteiger charge is 2.22. The Kier molecular flexibility index (Phi) is 5.98. The summed E-state index contributed by atoms with van der Waals surface area (Å²) in [6.07, 6.45) is 0. The van der Waals surface area contributed by atoms with Crippen molar-refractivity contribution >= 4 is 17.5 Å². The quantitative estimate of drug-likeness (QED) is 0.618. The van der Waals surface area contributed by atoms with Crippen LogP contribution >= 0.6 is 11.6 Å². The molecular weight excluding hydrogens is 368 g/mol. The number of carbonyl (C=O) groups is 1. The van der Waals surface area contributed by atoms with Crippen LogP contribution in [0.25, 0.3) is 11.3 Å². The highest BCUT2D eigenvalue weighted by Crippen LogP contribution is 2.30. The number of methoxy groups -OCH3 is 1. The molecule has 3 rings (SSSR count). The van der Waals surface area contributed by atoms with Gasteiger partial charge >= 0.3 is 0 Å². The second-order valence-corrected chi connectivity index (χ2v) is 6.13. The van der Waals surface area contributed by atoms with Crippen LogP contribution in [0.15, 0.2) is 53.1 Å². The number of hydrogen-bond acceptors (Lipinski definition) is 5. The number of nitrogens with one attached hydrogen (secondary N) is 1. The predicted octanol–water partition coefficient (Wildman–Crippen LogP) is 4.12. The smallest absolute Gasteiger partial charge is 0.257 e. The van der Waals surface area contributed by atoms with Crippen LogP contribution in [0.4, 0.5) is 0 Å². The summed E-state index contributed by atoms with van der Waals surface area (Å²) in [5, 5.41) is 7.32. The molecule has 27 heavy (non-hydrogen) atoms. The number of aryl methyl sites for hydroxylation is 1. The average molecular weight is 387 g/mol. The second kappa shape index (κ2) is 8.60. The van der Waals surface area contributed by atoms with E-state index in [2.05, 4.69) is 10.5 Å². The fraction of sp³-hybridized carbons (Fsp3) is 0.200. The van der Waals surface area contributed by atoms with Crippen LogP contribution in [0.1, 0.15) is 16.1 Å². The van der Waals surface area contributed by atoms with E-state index in [1.54, 1.807) is 38.3 Å². The number of rotatable bonds is 7. The summed E-state index contributed by atoms with van der Waals surface area (Å²) in [6, 6.07) is 14.4. The Morgan fingerprint density at radius 1 is 1.15 bits per heavy atom. The minimum Gasteiger partial charge on any atom is -0.497 e. The summed E-state index contributed by atoms with van der Waals surface area (Å²) in [6.45, 7) is 2.34. The Hall–Kier alpha value is -2.99. The van der Waals surface area contributed by atoms with Gasteiger partial charge in [0.15, 0.2) is 0 Å². The summed E-state index contributed by atoms with van der Waals surface area (Å²) in [7, 11) is 1.61. The number of hydrogen-bond donors (Lipinski definition) is 1. The molecule has 140 valence electrons. The molecule has 0 fully saturated rings. The van der Waals surface area contributed by atoms with Gasteiger partial charge < -0.3 is 19.3 Å². The fourth-order valence-electron chi connectivity index (χ4n) is 2.57. The molecule has 0 spiro atoms. The van der Waals surface area contributed by atoms with E-state index in [-0.39, 0.29) is 5.91 Å². The van der Waals surface area contributed by atoms with Gasteiger partial charge in [-0.2, -0.15) is 0 Å². The van der Waals surface area contributed by atoms with E-state index in [9.17, 15) is 4.79 Å². The second-order valence-electron chi connectivity index (χ2n) is 5.72. The molecule has 1 N–H and O–H groups in total. The molecule has 6 nitrogen and oxygen atoms in total. The van der Waals surface area contributed by atoms with Crippen LogP contribution in [0.3, 0.4) is 0 Å². The van der Waals surface area contributed by atoms with E-state index in [4.69, 9.17) is 25.6 Å². The van der Waals surface area contributed by atoms with Gasteiger partial charge in [-0.3, -0.25) is 4.79 Å². The van der Waals surface area contributed by atoms with Gasteiger partial charge in [0.1, 0.15) is 35.1 Å². The van der Waals surface area contributed by atoms with Crippen molar-refractivity contribution in [1.29, 1.82) is 0 Å². The van der Waals surface area contributed by atoms with Crippen molar-refractivity contribution in [3.8, 4) is 22.8 Å². The molecule has 0 radical (unpaired) electrons. The van der Waals surface area contributed by atoms with Crippen molar-refractivity contribution in [3.05, 3.63) is 64.9 Å². The first-order chi connectivity index (χ1) is 13.1. The van der Waals surface area contributed by atoms with E-state index < -0.39 is 0 Å². The van der Waals surface area contributed by atoms with Gasteiger partial charge in [0, 0.05) is 5.56 Å². The molecule has 1 aromatic heterocycles. The maximum absolute atomic E-state index is 12.6. The normalized spacial score (nSPS) is 10.5. The third-order valence-electron chi connectivity index (χ3n) is 3.93. The molecule has 0 bridgehead atoms. The van der Waals surface area contributed by atoms with Gasteiger partial charge in [-0.1, -0.05) is 35.0 Å². The number of aromatic nitrogens is 1.